The first-order chi connectivity index (χ1) is 9.45. The maximum absolute atomic E-state index is 10.8. The molecule has 1 aromatic rings. The lowest BCUT2D eigenvalue weighted by molar-refractivity contribution is -0.0425. The molecule has 1 saturated carbocycles. The Kier molecular flexibility index (Phi) is 4.86. The molecule has 4 nitrogen and oxygen atoms in total. The number of aryl methyl sites for hydroxylation is 2. The van der Waals surface area contributed by atoms with E-state index in [2.05, 4.69) is 30.9 Å². The third-order valence-electron chi connectivity index (χ3n) is 5.21. The smallest absolute Gasteiger partial charge is 0.108 e. The predicted octanol–water partition coefficient (Wildman–Crippen LogP) is 2.22. The molecular formula is C16H29N3O. The van der Waals surface area contributed by atoms with Gasteiger partial charge in [-0.2, -0.15) is 0 Å². The minimum Gasteiger partial charge on any atom is -0.391 e. The van der Waals surface area contributed by atoms with Crippen molar-refractivity contribution in [2.24, 2.45) is 13.0 Å². The van der Waals surface area contributed by atoms with Crippen LogP contribution in [0.15, 0.2) is 12.4 Å². The first-order valence-electron chi connectivity index (χ1n) is 7.77. The summed E-state index contributed by atoms with van der Waals surface area (Å²) in [6.07, 6.45) is 9.79. The van der Waals surface area contributed by atoms with Gasteiger partial charge in [0.25, 0.3) is 0 Å². The average Bonchev–Trinajstić information content (AvgIpc) is 2.82. The van der Waals surface area contributed by atoms with Gasteiger partial charge in [0.05, 0.1) is 6.10 Å². The molecule has 1 aliphatic rings. The number of aromatic nitrogens is 2. The van der Waals surface area contributed by atoms with Crippen LogP contribution in [0.3, 0.4) is 0 Å². The largest absolute Gasteiger partial charge is 0.391 e. The molecule has 0 radical (unpaired) electrons. The molecule has 0 amide bonds. The minimum atomic E-state index is -0.276. The van der Waals surface area contributed by atoms with Crippen molar-refractivity contribution in [1.29, 1.82) is 0 Å². The summed E-state index contributed by atoms with van der Waals surface area (Å²) in [6.45, 7) is 2.32. The molecule has 1 unspecified atom stereocenters. The van der Waals surface area contributed by atoms with Gasteiger partial charge in [0, 0.05) is 31.4 Å². The molecule has 0 saturated heterocycles. The molecule has 0 aliphatic heterocycles. The first kappa shape index (κ1) is 15.5. The van der Waals surface area contributed by atoms with Crippen molar-refractivity contribution in [3.05, 3.63) is 18.2 Å². The van der Waals surface area contributed by atoms with Crippen LogP contribution in [-0.4, -0.2) is 45.3 Å². The molecule has 1 atom stereocenters. The van der Waals surface area contributed by atoms with Crippen LogP contribution < -0.4 is 0 Å². The Morgan fingerprint density at radius 2 is 2.10 bits per heavy atom. The van der Waals surface area contributed by atoms with E-state index in [0.717, 1.165) is 37.4 Å². The number of hydrogen-bond acceptors (Lipinski definition) is 3. The van der Waals surface area contributed by atoms with Crippen LogP contribution >= 0.6 is 0 Å². The van der Waals surface area contributed by atoms with E-state index in [4.69, 9.17) is 0 Å². The van der Waals surface area contributed by atoms with Gasteiger partial charge in [-0.05, 0) is 52.1 Å². The van der Waals surface area contributed by atoms with Crippen LogP contribution in [-0.2, 0) is 13.5 Å². The first-order valence-corrected chi connectivity index (χ1v) is 7.77. The summed E-state index contributed by atoms with van der Waals surface area (Å²) in [5, 5.41) is 10.8. The number of rotatable bonds is 5. The van der Waals surface area contributed by atoms with Crippen LogP contribution in [0.2, 0.25) is 0 Å². The van der Waals surface area contributed by atoms with Gasteiger partial charge in [0.15, 0.2) is 0 Å². The minimum absolute atomic E-state index is 0.0440. The van der Waals surface area contributed by atoms with E-state index in [9.17, 15) is 5.11 Å². The molecule has 0 bridgehead atoms. The summed E-state index contributed by atoms with van der Waals surface area (Å²) < 4.78 is 2.04. The number of nitrogens with zero attached hydrogens (tertiary/aromatic N) is 3. The number of imidazole rings is 1. The van der Waals surface area contributed by atoms with Gasteiger partial charge in [-0.25, -0.2) is 4.98 Å². The average molecular weight is 279 g/mol. The molecule has 114 valence electrons. The van der Waals surface area contributed by atoms with Crippen molar-refractivity contribution >= 4 is 0 Å². The van der Waals surface area contributed by atoms with Crippen LogP contribution in [0, 0.1) is 5.92 Å². The van der Waals surface area contributed by atoms with Gasteiger partial charge in [-0.3, -0.25) is 0 Å². The normalized spacial score (nSPS) is 28.8. The molecule has 0 aromatic carbocycles. The Labute approximate surface area is 122 Å². The lowest BCUT2D eigenvalue weighted by Gasteiger charge is -2.47. The van der Waals surface area contributed by atoms with Crippen molar-refractivity contribution in [3.63, 3.8) is 0 Å². The summed E-state index contributed by atoms with van der Waals surface area (Å²) in [7, 11) is 6.23. The highest BCUT2D eigenvalue weighted by molar-refractivity contribution is 5.00. The second-order valence-electron chi connectivity index (χ2n) is 6.69. The zero-order valence-electron chi connectivity index (χ0n) is 13.3. The molecule has 0 spiro atoms. The Bertz CT molecular complexity index is 419. The predicted molar refractivity (Wildman–Crippen MR) is 81.6 cm³/mol. The fourth-order valence-corrected chi connectivity index (χ4v) is 3.51. The molecule has 20 heavy (non-hydrogen) atoms. The summed E-state index contributed by atoms with van der Waals surface area (Å²) in [4.78, 5) is 6.60. The molecular weight excluding hydrogens is 250 g/mol. The lowest BCUT2D eigenvalue weighted by atomic mass is 9.72. The van der Waals surface area contributed by atoms with Gasteiger partial charge in [0.1, 0.15) is 5.82 Å². The number of aliphatic hydroxyl groups excluding tert-OH is 1. The highest BCUT2D eigenvalue weighted by Gasteiger charge is 2.42. The van der Waals surface area contributed by atoms with Gasteiger partial charge in [0.2, 0.25) is 0 Å². The second-order valence-corrected chi connectivity index (χ2v) is 6.69. The Balaban J connectivity index is 2.00. The third-order valence-corrected chi connectivity index (χ3v) is 5.21. The highest BCUT2D eigenvalue weighted by atomic mass is 16.3. The zero-order valence-corrected chi connectivity index (χ0v) is 13.3. The molecule has 2 rings (SSSR count). The standard InChI is InChI=1S/C16H29N3O/c1-13-7-9-16(10-8-13,18(2)3)14(20)5-6-15-17-11-12-19(15)4/h11-14,20H,5-10H2,1-4H3. The molecule has 1 heterocycles. The summed E-state index contributed by atoms with van der Waals surface area (Å²) in [5.74, 6) is 1.85. The van der Waals surface area contributed by atoms with E-state index in [0.29, 0.717) is 0 Å². The Morgan fingerprint density at radius 1 is 1.45 bits per heavy atom. The van der Waals surface area contributed by atoms with Crippen LogP contribution in [0.1, 0.15) is 44.9 Å². The van der Waals surface area contributed by atoms with Gasteiger partial charge in [-0.15, -0.1) is 0 Å². The quantitative estimate of drug-likeness (QED) is 0.898. The van der Waals surface area contributed by atoms with E-state index in [1.54, 1.807) is 0 Å². The summed E-state index contributed by atoms with van der Waals surface area (Å²) in [6, 6.07) is 0. The fourth-order valence-electron chi connectivity index (χ4n) is 3.51. The van der Waals surface area contributed by atoms with Gasteiger partial charge >= 0.3 is 0 Å². The van der Waals surface area contributed by atoms with Crippen molar-refractivity contribution in [3.8, 4) is 0 Å². The molecule has 4 heteroatoms. The van der Waals surface area contributed by atoms with E-state index in [1.807, 2.05) is 24.0 Å². The second kappa shape index (κ2) is 6.27. The highest BCUT2D eigenvalue weighted by Crippen LogP contribution is 2.38. The Morgan fingerprint density at radius 3 is 2.60 bits per heavy atom. The van der Waals surface area contributed by atoms with Crippen LogP contribution in [0.4, 0.5) is 0 Å². The van der Waals surface area contributed by atoms with Gasteiger partial charge in [-0.1, -0.05) is 6.92 Å². The molecule has 1 aliphatic carbocycles. The molecule has 1 aromatic heterocycles. The number of hydrogen-bond donors (Lipinski definition) is 1. The van der Waals surface area contributed by atoms with Crippen LogP contribution in [0.5, 0.6) is 0 Å². The van der Waals surface area contributed by atoms with E-state index >= 15 is 0 Å². The van der Waals surface area contributed by atoms with E-state index in [1.165, 1.54) is 12.8 Å². The summed E-state index contributed by atoms with van der Waals surface area (Å²) >= 11 is 0. The molecule has 1 fully saturated rings. The monoisotopic (exact) mass is 279 g/mol. The maximum Gasteiger partial charge on any atom is 0.108 e. The topological polar surface area (TPSA) is 41.3 Å². The Hall–Kier alpha value is -0.870. The zero-order chi connectivity index (χ0) is 14.8. The SMILES string of the molecule is CC1CCC(C(O)CCc2nccn2C)(N(C)C)CC1. The van der Waals surface area contributed by atoms with Crippen molar-refractivity contribution in [2.45, 2.75) is 57.1 Å². The van der Waals surface area contributed by atoms with Crippen molar-refractivity contribution in [2.75, 3.05) is 14.1 Å². The third kappa shape index (κ3) is 3.07. The number of likely N-dealkylation sites (N-methyl/N-ethyl adjacent to an activating group) is 1. The van der Waals surface area contributed by atoms with Crippen LogP contribution in [0.25, 0.3) is 0 Å². The van der Waals surface area contributed by atoms with E-state index < -0.39 is 0 Å². The number of aliphatic hydroxyl groups is 1. The van der Waals surface area contributed by atoms with E-state index in [-0.39, 0.29) is 11.6 Å². The fraction of sp³-hybridized carbons (Fsp3) is 0.812. The maximum atomic E-state index is 10.8. The lowest BCUT2D eigenvalue weighted by Crippen LogP contribution is -2.55. The van der Waals surface area contributed by atoms with Gasteiger partial charge < -0.3 is 14.6 Å². The molecule has 1 N–H and O–H groups in total. The van der Waals surface area contributed by atoms with Crippen molar-refractivity contribution < 1.29 is 5.11 Å². The summed E-state index contributed by atoms with van der Waals surface area (Å²) in [5.41, 5.74) is -0.0440. The van der Waals surface area contributed by atoms with Crippen molar-refractivity contribution in [1.82, 2.24) is 14.5 Å².